The third kappa shape index (κ3) is 4.36. The lowest BCUT2D eigenvalue weighted by Crippen LogP contribution is -2.36. The Morgan fingerprint density at radius 2 is 2.21 bits per heavy atom. The molecule has 5 heteroatoms. The molecule has 1 aromatic rings. The number of pyridine rings is 1. The van der Waals surface area contributed by atoms with Gasteiger partial charge in [-0.2, -0.15) is 0 Å². The maximum Gasteiger partial charge on any atom is 0.128 e. The molecule has 0 spiro atoms. The number of aromatic nitrogens is 1. The van der Waals surface area contributed by atoms with Crippen molar-refractivity contribution in [2.45, 2.75) is 19.4 Å². The van der Waals surface area contributed by atoms with Gasteiger partial charge in [-0.15, -0.1) is 0 Å². The van der Waals surface area contributed by atoms with Crippen LogP contribution in [0.2, 0.25) is 0 Å². The number of anilines is 2. The zero-order valence-electron chi connectivity index (χ0n) is 11.8. The number of nitrogens with one attached hydrogen (secondary N) is 1. The molecule has 0 bridgehead atoms. The highest BCUT2D eigenvalue weighted by atomic mass is 16.5. The third-order valence-electron chi connectivity index (χ3n) is 3.25. The molecule has 1 unspecified atom stereocenters. The fourth-order valence-electron chi connectivity index (χ4n) is 2.10. The summed E-state index contributed by atoms with van der Waals surface area (Å²) in [4.78, 5) is 6.76. The van der Waals surface area contributed by atoms with Crippen molar-refractivity contribution in [2.24, 2.45) is 0 Å². The molecule has 1 aliphatic rings. The third-order valence-corrected chi connectivity index (χ3v) is 3.25. The van der Waals surface area contributed by atoms with Crippen molar-refractivity contribution in [3.8, 4) is 0 Å². The number of rotatable bonds is 6. The van der Waals surface area contributed by atoms with E-state index < -0.39 is 0 Å². The molecule has 0 aromatic carbocycles. The van der Waals surface area contributed by atoms with Crippen LogP contribution in [0.25, 0.3) is 0 Å². The first-order valence-electron chi connectivity index (χ1n) is 6.84. The lowest BCUT2D eigenvalue weighted by Gasteiger charge is -2.27. The van der Waals surface area contributed by atoms with Crippen molar-refractivity contribution in [3.05, 3.63) is 18.3 Å². The molecule has 2 rings (SSSR count). The number of morpholine rings is 1. The van der Waals surface area contributed by atoms with E-state index in [1.54, 1.807) is 7.11 Å². The Morgan fingerprint density at radius 3 is 2.84 bits per heavy atom. The molecule has 1 atom stereocenters. The standard InChI is InChI=1S/C14H23N3O2/c1-12(5-8-18-2)16-13-3-4-14(15-11-13)17-6-9-19-10-7-17/h3-4,11-12,16H,5-10H2,1-2H3. The van der Waals surface area contributed by atoms with Crippen LogP contribution in [0.3, 0.4) is 0 Å². The van der Waals surface area contributed by atoms with E-state index in [0.717, 1.165) is 50.8 Å². The van der Waals surface area contributed by atoms with Gasteiger partial charge in [0.1, 0.15) is 5.82 Å². The van der Waals surface area contributed by atoms with E-state index in [2.05, 4.69) is 34.3 Å². The van der Waals surface area contributed by atoms with Crippen LogP contribution in [0.1, 0.15) is 13.3 Å². The van der Waals surface area contributed by atoms with Crippen LogP contribution in [-0.4, -0.2) is 51.0 Å². The minimum Gasteiger partial charge on any atom is -0.385 e. The predicted octanol–water partition coefficient (Wildman–Crippen LogP) is 1.76. The maximum absolute atomic E-state index is 5.34. The van der Waals surface area contributed by atoms with Crippen LogP contribution in [0.4, 0.5) is 11.5 Å². The lowest BCUT2D eigenvalue weighted by molar-refractivity contribution is 0.122. The zero-order chi connectivity index (χ0) is 13.5. The van der Waals surface area contributed by atoms with Crippen LogP contribution >= 0.6 is 0 Å². The van der Waals surface area contributed by atoms with E-state index in [1.807, 2.05) is 6.20 Å². The summed E-state index contributed by atoms with van der Waals surface area (Å²) in [5, 5.41) is 3.42. The van der Waals surface area contributed by atoms with Gasteiger partial charge < -0.3 is 19.7 Å². The van der Waals surface area contributed by atoms with Crippen LogP contribution in [0.5, 0.6) is 0 Å². The highest BCUT2D eigenvalue weighted by molar-refractivity contribution is 5.49. The molecule has 5 nitrogen and oxygen atoms in total. The summed E-state index contributed by atoms with van der Waals surface area (Å²) < 4.78 is 10.4. The Hall–Kier alpha value is -1.33. The topological polar surface area (TPSA) is 46.6 Å². The maximum atomic E-state index is 5.34. The smallest absolute Gasteiger partial charge is 0.128 e. The largest absolute Gasteiger partial charge is 0.385 e. The first-order valence-corrected chi connectivity index (χ1v) is 6.84. The van der Waals surface area contributed by atoms with Crippen molar-refractivity contribution in [1.82, 2.24) is 4.98 Å². The molecule has 0 saturated carbocycles. The molecular formula is C14H23N3O2. The van der Waals surface area contributed by atoms with Crippen molar-refractivity contribution in [1.29, 1.82) is 0 Å². The van der Waals surface area contributed by atoms with E-state index in [9.17, 15) is 0 Å². The second-order valence-electron chi connectivity index (χ2n) is 4.83. The van der Waals surface area contributed by atoms with Gasteiger partial charge in [0, 0.05) is 32.8 Å². The molecule has 2 heterocycles. The number of nitrogens with zero attached hydrogens (tertiary/aromatic N) is 2. The molecule has 1 aliphatic heterocycles. The molecule has 1 aromatic heterocycles. The van der Waals surface area contributed by atoms with Crippen LogP contribution < -0.4 is 10.2 Å². The molecule has 106 valence electrons. The van der Waals surface area contributed by atoms with Gasteiger partial charge in [0.15, 0.2) is 0 Å². The second-order valence-corrected chi connectivity index (χ2v) is 4.83. The summed E-state index contributed by atoms with van der Waals surface area (Å²) in [5.41, 5.74) is 1.06. The minimum atomic E-state index is 0.385. The average Bonchev–Trinajstić information content (AvgIpc) is 2.47. The summed E-state index contributed by atoms with van der Waals surface area (Å²) in [6.07, 6.45) is 2.88. The van der Waals surface area contributed by atoms with Crippen molar-refractivity contribution in [2.75, 3.05) is 50.2 Å². The van der Waals surface area contributed by atoms with Gasteiger partial charge >= 0.3 is 0 Å². The summed E-state index contributed by atoms with van der Waals surface area (Å²) in [6, 6.07) is 4.54. The monoisotopic (exact) mass is 265 g/mol. The first-order chi connectivity index (χ1) is 9.29. The lowest BCUT2D eigenvalue weighted by atomic mass is 10.2. The Morgan fingerprint density at radius 1 is 1.42 bits per heavy atom. The quantitative estimate of drug-likeness (QED) is 0.849. The Labute approximate surface area is 114 Å². The summed E-state index contributed by atoms with van der Waals surface area (Å²) >= 11 is 0. The molecule has 0 radical (unpaired) electrons. The minimum absolute atomic E-state index is 0.385. The second kappa shape index (κ2) is 7.31. The van der Waals surface area contributed by atoms with Gasteiger partial charge in [-0.3, -0.25) is 0 Å². The van der Waals surface area contributed by atoms with Crippen molar-refractivity contribution < 1.29 is 9.47 Å². The van der Waals surface area contributed by atoms with Crippen molar-refractivity contribution >= 4 is 11.5 Å². The Balaban J connectivity index is 1.86. The Bertz CT molecular complexity index is 363. The van der Waals surface area contributed by atoms with Crippen LogP contribution in [0.15, 0.2) is 18.3 Å². The van der Waals surface area contributed by atoms with Gasteiger partial charge in [0.2, 0.25) is 0 Å². The molecular weight excluding hydrogens is 242 g/mol. The highest BCUT2D eigenvalue weighted by Gasteiger charge is 2.12. The van der Waals surface area contributed by atoms with E-state index in [4.69, 9.17) is 9.47 Å². The van der Waals surface area contributed by atoms with Gasteiger partial charge in [-0.1, -0.05) is 0 Å². The molecule has 0 aliphatic carbocycles. The van der Waals surface area contributed by atoms with Crippen LogP contribution in [-0.2, 0) is 9.47 Å². The first kappa shape index (κ1) is 14.1. The van der Waals surface area contributed by atoms with Gasteiger partial charge in [-0.25, -0.2) is 4.98 Å². The molecule has 19 heavy (non-hydrogen) atoms. The normalized spacial score (nSPS) is 17.3. The van der Waals surface area contributed by atoms with E-state index in [1.165, 1.54) is 0 Å². The summed E-state index contributed by atoms with van der Waals surface area (Å²) in [7, 11) is 1.73. The fraction of sp³-hybridized carbons (Fsp3) is 0.643. The van der Waals surface area contributed by atoms with Gasteiger partial charge in [0.25, 0.3) is 0 Å². The zero-order valence-corrected chi connectivity index (χ0v) is 11.8. The molecule has 0 amide bonds. The molecule has 1 N–H and O–H groups in total. The van der Waals surface area contributed by atoms with Crippen LogP contribution in [0, 0.1) is 0 Å². The number of ether oxygens (including phenoxy) is 2. The average molecular weight is 265 g/mol. The van der Waals surface area contributed by atoms with E-state index in [-0.39, 0.29) is 0 Å². The molecule has 1 saturated heterocycles. The van der Waals surface area contributed by atoms with E-state index >= 15 is 0 Å². The van der Waals surface area contributed by atoms with Crippen molar-refractivity contribution in [3.63, 3.8) is 0 Å². The SMILES string of the molecule is COCCC(C)Nc1ccc(N2CCOCC2)nc1. The van der Waals surface area contributed by atoms with Gasteiger partial charge in [0.05, 0.1) is 25.1 Å². The number of hydrogen-bond acceptors (Lipinski definition) is 5. The number of hydrogen-bond donors (Lipinski definition) is 1. The summed E-state index contributed by atoms with van der Waals surface area (Å²) in [6.45, 7) is 6.34. The summed E-state index contributed by atoms with van der Waals surface area (Å²) in [5.74, 6) is 1.03. The number of methoxy groups -OCH3 is 1. The van der Waals surface area contributed by atoms with E-state index in [0.29, 0.717) is 6.04 Å². The van der Waals surface area contributed by atoms with Gasteiger partial charge in [-0.05, 0) is 25.5 Å². The predicted molar refractivity (Wildman–Crippen MR) is 76.8 cm³/mol. The molecule has 1 fully saturated rings. The fourth-order valence-corrected chi connectivity index (χ4v) is 2.10. The Kier molecular flexibility index (Phi) is 5.42. The highest BCUT2D eigenvalue weighted by Crippen LogP contribution is 2.16.